The van der Waals surface area contributed by atoms with Crippen LogP contribution in [0.2, 0.25) is 0 Å². The molecule has 0 aromatic rings. The van der Waals surface area contributed by atoms with Crippen molar-refractivity contribution in [3.8, 4) is 0 Å². The van der Waals surface area contributed by atoms with Gasteiger partial charge in [-0.15, -0.1) is 0 Å². The van der Waals surface area contributed by atoms with Crippen LogP contribution in [0.1, 0.15) is 48.0 Å². The zero-order valence-electron chi connectivity index (χ0n) is 12.7. The standard InChI is InChI=1S/C13H30N2O2S/c1-11(2)10-15(13(5)6)18(16,17)9-7-8-14-12(3)4/h11-14H,7-10H2,1-6H3. The van der Waals surface area contributed by atoms with E-state index < -0.39 is 10.0 Å². The Morgan fingerprint density at radius 1 is 1.06 bits per heavy atom. The van der Waals surface area contributed by atoms with Crippen LogP contribution in [0.3, 0.4) is 0 Å². The van der Waals surface area contributed by atoms with Crippen molar-refractivity contribution in [3.05, 3.63) is 0 Å². The van der Waals surface area contributed by atoms with Crippen LogP contribution in [0.5, 0.6) is 0 Å². The lowest BCUT2D eigenvalue weighted by Gasteiger charge is -2.27. The number of rotatable bonds is 9. The normalized spacial score (nSPS) is 13.2. The largest absolute Gasteiger partial charge is 0.314 e. The van der Waals surface area contributed by atoms with Crippen LogP contribution < -0.4 is 5.32 Å². The molecule has 0 unspecified atom stereocenters. The van der Waals surface area contributed by atoms with E-state index in [4.69, 9.17) is 0 Å². The highest BCUT2D eigenvalue weighted by Gasteiger charge is 2.24. The molecule has 0 aliphatic heterocycles. The van der Waals surface area contributed by atoms with Crippen molar-refractivity contribution in [2.24, 2.45) is 5.92 Å². The van der Waals surface area contributed by atoms with Gasteiger partial charge >= 0.3 is 0 Å². The first-order valence-electron chi connectivity index (χ1n) is 6.89. The number of nitrogens with zero attached hydrogens (tertiary/aromatic N) is 1. The quantitative estimate of drug-likeness (QED) is 0.657. The summed E-state index contributed by atoms with van der Waals surface area (Å²) in [4.78, 5) is 0. The van der Waals surface area contributed by atoms with E-state index in [1.165, 1.54) is 0 Å². The number of hydrogen-bond acceptors (Lipinski definition) is 3. The average Bonchev–Trinajstić information content (AvgIpc) is 2.20. The molecule has 0 spiro atoms. The van der Waals surface area contributed by atoms with Gasteiger partial charge in [-0.3, -0.25) is 0 Å². The predicted octanol–water partition coefficient (Wildman–Crippen LogP) is 2.07. The van der Waals surface area contributed by atoms with Gasteiger partial charge < -0.3 is 5.32 Å². The van der Waals surface area contributed by atoms with Gasteiger partial charge in [-0.1, -0.05) is 27.7 Å². The molecule has 0 bridgehead atoms. The minimum absolute atomic E-state index is 0.0375. The number of hydrogen-bond donors (Lipinski definition) is 1. The smallest absolute Gasteiger partial charge is 0.214 e. The Morgan fingerprint density at radius 2 is 1.61 bits per heavy atom. The van der Waals surface area contributed by atoms with Gasteiger partial charge in [0.15, 0.2) is 0 Å². The molecule has 0 heterocycles. The van der Waals surface area contributed by atoms with Gasteiger partial charge in [0.25, 0.3) is 0 Å². The molecule has 0 saturated heterocycles. The molecule has 0 aliphatic rings. The van der Waals surface area contributed by atoms with Crippen LogP contribution in [0.15, 0.2) is 0 Å². The van der Waals surface area contributed by atoms with Crippen molar-refractivity contribution < 1.29 is 8.42 Å². The highest BCUT2D eigenvalue weighted by atomic mass is 32.2. The van der Waals surface area contributed by atoms with Gasteiger partial charge in [0.2, 0.25) is 10.0 Å². The molecule has 0 fully saturated rings. The summed E-state index contributed by atoms with van der Waals surface area (Å²) in [6, 6.07) is 0.444. The Balaban J connectivity index is 4.38. The SMILES string of the molecule is CC(C)CN(C(C)C)S(=O)(=O)CCCNC(C)C. The molecule has 0 atom stereocenters. The number of nitrogens with one attached hydrogen (secondary N) is 1. The first-order chi connectivity index (χ1) is 8.16. The van der Waals surface area contributed by atoms with E-state index in [9.17, 15) is 8.42 Å². The van der Waals surface area contributed by atoms with Gasteiger partial charge in [0.1, 0.15) is 0 Å². The maximum atomic E-state index is 12.3. The molecule has 0 aromatic carbocycles. The zero-order valence-corrected chi connectivity index (χ0v) is 13.5. The Labute approximate surface area is 113 Å². The molecule has 0 aliphatic carbocycles. The molecule has 5 heteroatoms. The molecule has 18 heavy (non-hydrogen) atoms. The fourth-order valence-electron chi connectivity index (χ4n) is 1.77. The third-order valence-corrected chi connectivity index (χ3v) is 4.70. The topological polar surface area (TPSA) is 49.4 Å². The lowest BCUT2D eigenvalue weighted by atomic mass is 10.2. The van der Waals surface area contributed by atoms with Crippen molar-refractivity contribution in [2.45, 2.75) is 60.0 Å². The van der Waals surface area contributed by atoms with Gasteiger partial charge in [0, 0.05) is 18.6 Å². The van der Waals surface area contributed by atoms with E-state index in [-0.39, 0.29) is 11.8 Å². The summed E-state index contributed by atoms with van der Waals surface area (Å²) in [7, 11) is -3.12. The van der Waals surface area contributed by atoms with E-state index in [0.717, 1.165) is 6.54 Å². The van der Waals surface area contributed by atoms with Crippen LogP contribution in [-0.2, 0) is 10.0 Å². The first-order valence-corrected chi connectivity index (χ1v) is 8.50. The summed E-state index contributed by atoms with van der Waals surface area (Å²) in [6.45, 7) is 13.5. The summed E-state index contributed by atoms with van der Waals surface area (Å²) < 4.78 is 26.1. The van der Waals surface area contributed by atoms with Gasteiger partial charge in [0.05, 0.1) is 5.75 Å². The van der Waals surface area contributed by atoms with E-state index >= 15 is 0 Å². The van der Waals surface area contributed by atoms with Gasteiger partial charge in [-0.25, -0.2) is 8.42 Å². The molecule has 4 nitrogen and oxygen atoms in total. The Kier molecular flexibility index (Phi) is 8.06. The molecule has 0 radical (unpaired) electrons. The summed E-state index contributed by atoms with van der Waals surface area (Å²) in [5.74, 6) is 0.591. The third kappa shape index (κ3) is 7.34. The lowest BCUT2D eigenvalue weighted by Crippen LogP contribution is -2.41. The predicted molar refractivity (Wildman–Crippen MR) is 78.2 cm³/mol. The average molecular weight is 278 g/mol. The van der Waals surface area contributed by atoms with E-state index in [1.54, 1.807) is 4.31 Å². The molecular formula is C13H30N2O2S. The molecule has 110 valence electrons. The van der Waals surface area contributed by atoms with E-state index in [2.05, 4.69) is 19.2 Å². The minimum atomic E-state index is -3.12. The highest BCUT2D eigenvalue weighted by molar-refractivity contribution is 7.89. The van der Waals surface area contributed by atoms with Crippen molar-refractivity contribution in [3.63, 3.8) is 0 Å². The lowest BCUT2D eigenvalue weighted by molar-refractivity contribution is 0.318. The van der Waals surface area contributed by atoms with Crippen LogP contribution in [0.4, 0.5) is 0 Å². The zero-order chi connectivity index (χ0) is 14.3. The third-order valence-electron chi connectivity index (χ3n) is 2.61. The molecular weight excluding hydrogens is 248 g/mol. The molecule has 0 rings (SSSR count). The Hall–Kier alpha value is -0.130. The number of sulfonamides is 1. The Bertz CT molecular complexity index is 311. The van der Waals surface area contributed by atoms with Crippen LogP contribution >= 0.6 is 0 Å². The Morgan fingerprint density at radius 3 is 2.00 bits per heavy atom. The van der Waals surface area contributed by atoms with Gasteiger partial charge in [-0.05, 0) is 32.7 Å². The summed E-state index contributed by atoms with van der Waals surface area (Å²) in [6.07, 6.45) is 0.668. The van der Waals surface area contributed by atoms with Crippen LogP contribution in [0, 0.1) is 5.92 Å². The fourth-order valence-corrected chi connectivity index (χ4v) is 3.68. The second kappa shape index (κ2) is 8.12. The second-order valence-corrected chi connectivity index (χ2v) is 7.88. The monoisotopic (exact) mass is 278 g/mol. The van der Waals surface area contributed by atoms with Crippen LogP contribution in [-0.4, -0.2) is 43.6 Å². The second-order valence-electron chi connectivity index (χ2n) is 5.84. The van der Waals surface area contributed by atoms with Crippen molar-refractivity contribution in [2.75, 3.05) is 18.8 Å². The van der Waals surface area contributed by atoms with E-state index in [1.807, 2.05) is 27.7 Å². The molecule has 1 N–H and O–H groups in total. The van der Waals surface area contributed by atoms with Gasteiger partial charge in [-0.2, -0.15) is 4.31 Å². The molecule has 0 amide bonds. The summed E-state index contributed by atoms with van der Waals surface area (Å²) in [5.41, 5.74) is 0. The maximum absolute atomic E-state index is 12.3. The summed E-state index contributed by atoms with van der Waals surface area (Å²) in [5, 5.41) is 3.24. The molecule has 0 aromatic heterocycles. The first kappa shape index (κ1) is 17.9. The maximum Gasteiger partial charge on any atom is 0.214 e. The van der Waals surface area contributed by atoms with Crippen LogP contribution in [0.25, 0.3) is 0 Å². The van der Waals surface area contributed by atoms with E-state index in [0.29, 0.717) is 24.9 Å². The highest BCUT2D eigenvalue weighted by Crippen LogP contribution is 2.12. The van der Waals surface area contributed by atoms with Crippen molar-refractivity contribution >= 4 is 10.0 Å². The fraction of sp³-hybridized carbons (Fsp3) is 1.00. The van der Waals surface area contributed by atoms with Crippen molar-refractivity contribution in [1.82, 2.24) is 9.62 Å². The minimum Gasteiger partial charge on any atom is -0.314 e. The summed E-state index contributed by atoms with van der Waals surface area (Å²) >= 11 is 0. The van der Waals surface area contributed by atoms with Crippen molar-refractivity contribution in [1.29, 1.82) is 0 Å². The molecule has 0 saturated carbocycles.